The minimum atomic E-state index is -0.793. The van der Waals surface area contributed by atoms with Gasteiger partial charge in [0.25, 0.3) is 0 Å². The molecule has 0 aliphatic carbocycles. The summed E-state index contributed by atoms with van der Waals surface area (Å²) in [5, 5.41) is 10.5. The smallest absolute Gasteiger partial charge is 0.140 e. The Balaban J connectivity index is 2.18. The SMILES string of the molecule is CC#CC(O)c1cccc(Oc2ccc(Cl)cc2)c1. The Morgan fingerprint density at radius 3 is 2.53 bits per heavy atom. The number of aliphatic hydroxyl groups is 1. The largest absolute Gasteiger partial charge is 0.457 e. The lowest BCUT2D eigenvalue weighted by atomic mass is 10.1. The number of hydrogen-bond donors (Lipinski definition) is 1. The first-order chi connectivity index (χ1) is 9.19. The first-order valence-electron chi connectivity index (χ1n) is 5.83. The second kappa shape index (κ2) is 6.29. The average Bonchev–Trinajstić information content (AvgIpc) is 2.42. The highest BCUT2D eigenvalue weighted by molar-refractivity contribution is 6.30. The van der Waals surface area contributed by atoms with Gasteiger partial charge in [0.2, 0.25) is 0 Å². The van der Waals surface area contributed by atoms with Crippen LogP contribution in [0.15, 0.2) is 48.5 Å². The van der Waals surface area contributed by atoms with Gasteiger partial charge in [-0.15, -0.1) is 5.92 Å². The van der Waals surface area contributed by atoms with Gasteiger partial charge in [-0.25, -0.2) is 0 Å². The van der Waals surface area contributed by atoms with Crippen molar-refractivity contribution in [2.45, 2.75) is 13.0 Å². The summed E-state index contributed by atoms with van der Waals surface area (Å²) in [4.78, 5) is 0. The fraction of sp³-hybridized carbons (Fsp3) is 0.125. The molecule has 0 amide bonds. The van der Waals surface area contributed by atoms with Gasteiger partial charge in [-0.2, -0.15) is 0 Å². The van der Waals surface area contributed by atoms with E-state index in [4.69, 9.17) is 16.3 Å². The molecule has 0 radical (unpaired) electrons. The molecule has 0 saturated carbocycles. The van der Waals surface area contributed by atoms with E-state index in [9.17, 15) is 5.11 Å². The minimum Gasteiger partial charge on any atom is -0.457 e. The minimum absolute atomic E-state index is 0.650. The molecule has 19 heavy (non-hydrogen) atoms. The van der Waals surface area contributed by atoms with Crippen LogP contribution in [-0.4, -0.2) is 5.11 Å². The van der Waals surface area contributed by atoms with Gasteiger partial charge >= 0.3 is 0 Å². The molecular formula is C16H13ClO2. The van der Waals surface area contributed by atoms with Gasteiger partial charge in [0, 0.05) is 5.02 Å². The fourth-order valence-electron chi connectivity index (χ4n) is 1.61. The zero-order valence-corrected chi connectivity index (χ0v) is 11.2. The topological polar surface area (TPSA) is 29.5 Å². The van der Waals surface area contributed by atoms with Crippen molar-refractivity contribution in [3.8, 4) is 23.3 Å². The molecule has 0 aromatic heterocycles. The quantitative estimate of drug-likeness (QED) is 0.849. The Hall–Kier alpha value is -1.95. The van der Waals surface area contributed by atoms with Gasteiger partial charge < -0.3 is 9.84 Å². The van der Waals surface area contributed by atoms with E-state index in [0.29, 0.717) is 22.1 Å². The fourth-order valence-corrected chi connectivity index (χ4v) is 1.73. The molecule has 1 unspecified atom stereocenters. The Kier molecular flexibility index (Phi) is 4.46. The van der Waals surface area contributed by atoms with Crippen LogP contribution < -0.4 is 4.74 Å². The molecule has 96 valence electrons. The summed E-state index contributed by atoms with van der Waals surface area (Å²) in [6.07, 6.45) is -0.793. The molecule has 0 fully saturated rings. The van der Waals surface area contributed by atoms with Crippen molar-refractivity contribution in [1.29, 1.82) is 0 Å². The maximum atomic E-state index is 9.80. The van der Waals surface area contributed by atoms with Crippen LogP contribution in [0.3, 0.4) is 0 Å². The molecule has 2 aromatic rings. The summed E-state index contributed by atoms with van der Waals surface area (Å²) in [6.45, 7) is 1.69. The number of ether oxygens (including phenoxy) is 1. The standard InChI is InChI=1S/C16H13ClO2/c1-2-4-16(18)12-5-3-6-15(11-12)19-14-9-7-13(17)8-10-14/h3,5-11,16,18H,1H3. The molecule has 0 spiro atoms. The Morgan fingerprint density at radius 2 is 1.84 bits per heavy atom. The number of hydrogen-bond acceptors (Lipinski definition) is 2. The maximum absolute atomic E-state index is 9.80. The lowest BCUT2D eigenvalue weighted by Gasteiger charge is -2.09. The molecule has 0 saturated heterocycles. The number of benzene rings is 2. The van der Waals surface area contributed by atoms with Crippen molar-refractivity contribution in [2.24, 2.45) is 0 Å². The number of halogens is 1. The predicted octanol–water partition coefficient (Wildman–Crippen LogP) is 4.19. The van der Waals surface area contributed by atoms with E-state index >= 15 is 0 Å². The molecule has 2 rings (SSSR count). The molecule has 2 nitrogen and oxygen atoms in total. The van der Waals surface area contributed by atoms with Crippen molar-refractivity contribution in [1.82, 2.24) is 0 Å². The van der Waals surface area contributed by atoms with Gasteiger partial charge in [-0.3, -0.25) is 0 Å². The number of rotatable bonds is 3. The Bertz CT molecular complexity index is 609. The monoisotopic (exact) mass is 272 g/mol. The van der Waals surface area contributed by atoms with Gasteiger partial charge in [0.1, 0.15) is 17.6 Å². The second-order valence-electron chi connectivity index (χ2n) is 3.93. The lowest BCUT2D eigenvalue weighted by molar-refractivity contribution is 0.238. The van der Waals surface area contributed by atoms with E-state index in [1.807, 2.05) is 18.2 Å². The Morgan fingerprint density at radius 1 is 1.11 bits per heavy atom. The second-order valence-corrected chi connectivity index (χ2v) is 4.36. The highest BCUT2D eigenvalue weighted by atomic mass is 35.5. The van der Waals surface area contributed by atoms with Crippen molar-refractivity contribution in [3.63, 3.8) is 0 Å². The number of aliphatic hydroxyl groups excluding tert-OH is 1. The van der Waals surface area contributed by atoms with Crippen molar-refractivity contribution < 1.29 is 9.84 Å². The summed E-state index contributed by atoms with van der Waals surface area (Å²) in [5.74, 6) is 6.72. The molecule has 0 aliphatic heterocycles. The summed E-state index contributed by atoms with van der Waals surface area (Å²) in [5.41, 5.74) is 0.709. The molecule has 2 aromatic carbocycles. The molecule has 0 aliphatic rings. The van der Waals surface area contributed by atoms with E-state index in [0.717, 1.165) is 0 Å². The molecule has 1 atom stereocenters. The lowest BCUT2D eigenvalue weighted by Crippen LogP contribution is -1.94. The van der Waals surface area contributed by atoms with E-state index in [1.54, 1.807) is 37.3 Å². The van der Waals surface area contributed by atoms with E-state index < -0.39 is 6.10 Å². The van der Waals surface area contributed by atoms with Crippen LogP contribution in [0.4, 0.5) is 0 Å². The van der Waals surface area contributed by atoms with Crippen LogP contribution in [0, 0.1) is 11.8 Å². The van der Waals surface area contributed by atoms with Crippen molar-refractivity contribution in [2.75, 3.05) is 0 Å². The van der Waals surface area contributed by atoms with Crippen LogP contribution in [-0.2, 0) is 0 Å². The first-order valence-corrected chi connectivity index (χ1v) is 6.20. The average molecular weight is 273 g/mol. The van der Waals surface area contributed by atoms with Crippen molar-refractivity contribution >= 4 is 11.6 Å². The predicted molar refractivity (Wildman–Crippen MR) is 76.4 cm³/mol. The molecule has 0 heterocycles. The van der Waals surface area contributed by atoms with E-state index in [-0.39, 0.29) is 0 Å². The van der Waals surface area contributed by atoms with E-state index in [1.165, 1.54) is 0 Å². The first kappa shape index (κ1) is 13.5. The zero-order chi connectivity index (χ0) is 13.7. The van der Waals surface area contributed by atoms with E-state index in [2.05, 4.69) is 11.8 Å². The van der Waals surface area contributed by atoms with Crippen molar-refractivity contribution in [3.05, 3.63) is 59.1 Å². The summed E-state index contributed by atoms with van der Waals surface area (Å²) in [7, 11) is 0. The summed E-state index contributed by atoms with van der Waals surface area (Å²) in [6, 6.07) is 14.3. The highest BCUT2D eigenvalue weighted by Gasteiger charge is 2.05. The molecule has 0 bridgehead atoms. The molecular weight excluding hydrogens is 260 g/mol. The molecule has 1 N–H and O–H groups in total. The third kappa shape index (κ3) is 3.75. The third-order valence-electron chi connectivity index (χ3n) is 2.50. The highest BCUT2D eigenvalue weighted by Crippen LogP contribution is 2.25. The Labute approximate surface area is 117 Å². The zero-order valence-electron chi connectivity index (χ0n) is 10.4. The van der Waals surface area contributed by atoms with Gasteiger partial charge in [-0.05, 0) is 48.9 Å². The van der Waals surface area contributed by atoms with Crippen LogP contribution in [0.1, 0.15) is 18.6 Å². The molecule has 3 heteroatoms. The van der Waals surface area contributed by atoms with Gasteiger partial charge in [0.05, 0.1) is 0 Å². The van der Waals surface area contributed by atoms with Crippen LogP contribution in [0.2, 0.25) is 5.02 Å². The summed E-state index contributed by atoms with van der Waals surface area (Å²) < 4.78 is 5.68. The van der Waals surface area contributed by atoms with Crippen LogP contribution in [0.5, 0.6) is 11.5 Å². The normalized spacial score (nSPS) is 11.3. The van der Waals surface area contributed by atoms with Crippen LogP contribution in [0.25, 0.3) is 0 Å². The summed E-state index contributed by atoms with van der Waals surface area (Å²) >= 11 is 5.81. The van der Waals surface area contributed by atoms with Gasteiger partial charge in [0.15, 0.2) is 0 Å². The van der Waals surface area contributed by atoms with Crippen LogP contribution >= 0.6 is 11.6 Å². The third-order valence-corrected chi connectivity index (χ3v) is 2.76. The van der Waals surface area contributed by atoms with Gasteiger partial charge in [-0.1, -0.05) is 29.7 Å². The maximum Gasteiger partial charge on any atom is 0.140 e.